The number of fused-ring (bicyclic) bond motifs is 3. The van der Waals surface area contributed by atoms with Crippen molar-refractivity contribution in [2.24, 2.45) is 0 Å². The molecule has 3 aromatic rings. The number of aromatic amines is 1. The fourth-order valence-electron chi connectivity index (χ4n) is 2.46. The van der Waals surface area contributed by atoms with Gasteiger partial charge in [-0.05, 0) is 17.5 Å². The van der Waals surface area contributed by atoms with Gasteiger partial charge in [0.25, 0.3) is 11.2 Å². The SMILES string of the molecule is O=C(Nc1cc2[nH]c(=O)c3ccccc3c2cc1[N+](=O)[O-])C(F)(F)F. The third-order valence-corrected chi connectivity index (χ3v) is 3.55. The quantitative estimate of drug-likeness (QED) is 0.420. The number of nitro benzene ring substituents is 1. The van der Waals surface area contributed by atoms with E-state index in [0.717, 1.165) is 12.1 Å². The Bertz CT molecular complexity index is 1090. The van der Waals surface area contributed by atoms with Crippen LogP contribution in [0.4, 0.5) is 24.5 Å². The van der Waals surface area contributed by atoms with Crippen LogP contribution in [0.3, 0.4) is 0 Å². The number of carbonyl (C=O) groups excluding carboxylic acids is 1. The number of halogens is 3. The van der Waals surface area contributed by atoms with Crippen molar-refractivity contribution in [1.29, 1.82) is 0 Å². The van der Waals surface area contributed by atoms with E-state index < -0.39 is 33.9 Å². The molecule has 2 N–H and O–H groups in total. The molecule has 0 spiro atoms. The van der Waals surface area contributed by atoms with Crippen molar-refractivity contribution in [3.8, 4) is 0 Å². The van der Waals surface area contributed by atoms with E-state index in [-0.39, 0.29) is 16.3 Å². The van der Waals surface area contributed by atoms with E-state index in [9.17, 15) is 32.9 Å². The highest BCUT2D eigenvalue weighted by Crippen LogP contribution is 2.33. The second kappa shape index (κ2) is 5.58. The monoisotopic (exact) mass is 351 g/mol. The Kier molecular flexibility index (Phi) is 3.67. The van der Waals surface area contributed by atoms with E-state index in [1.54, 1.807) is 18.2 Å². The fourth-order valence-corrected chi connectivity index (χ4v) is 2.46. The Labute approximate surface area is 136 Å². The van der Waals surface area contributed by atoms with Gasteiger partial charge in [-0.15, -0.1) is 0 Å². The molecule has 0 unspecified atom stereocenters. The minimum atomic E-state index is -5.21. The summed E-state index contributed by atoms with van der Waals surface area (Å²) in [5, 5.41) is 13.6. The third-order valence-electron chi connectivity index (χ3n) is 3.55. The first-order chi connectivity index (χ1) is 11.7. The topological polar surface area (TPSA) is 105 Å². The first kappa shape index (κ1) is 16.4. The summed E-state index contributed by atoms with van der Waals surface area (Å²) in [6.07, 6.45) is -5.21. The van der Waals surface area contributed by atoms with Crippen LogP contribution in [0.5, 0.6) is 0 Å². The van der Waals surface area contributed by atoms with Crippen LogP contribution >= 0.6 is 0 Å². The first-order valence-corrected chi connectivity index (χ1v) is 6.80. The van der Waals surface area contributed by atoms with E-state index in [2.05, 4.69) is 4.98 Å². The van der Waals surface area contributed by atoms with Crippen LogP contribution in [0.25, 0.3) is 21.7 Å². The smallest absolute Gasteiger partial charge is 0.321 e. The lowest BCUT2D eigenvalue weighted by Crippen LogP contribution is -2.30. The first-order valence-electron chi connectivity index (χ1n) is 6.80. The Morgan fingerprint density at radius 1 is 1.12 bits per heavy atom. The van der Waals surface area contributed by atoms with Gasteiger partial charge in [0.05, 0.1) is 10.4 Å². The summed E-state index contributed by atoms with van der Waals surface area (Å²) >= 11 is 0. The van der Waals surface area contributed by atoms with Gasteiger partial charge < -0.3 is 10.3 Å². The average molecular weight is 351 g/mol. The number of benzene rings is 2. The lowest BCUT2D eigenvalue weighted by atomic mass is 10.1. The van der Waals surface area contributed by atoms with E-state index in [1.807, 2.05) is 0 Å². The van der Waals surface area contributed by atoms with E-state index in [0.29, 0.717) is 5.39 Å². The predicted molar refractivity (Wildman–Crippen MR) is 83.4 cm³/mol. The van der Waals surface area contributed by atoms with Gasteiger partial charge in [-0.2, -0.15) is 13.2 Å². The minimum absolute atomic E-state index is 0.0618. The van der Waals surface area contributed by atoms with Gasteiger partial charge in [-0.1, -0.05) is 18.2 Å². The molecule has 0 saturated carbocycles. The van der Waals surface area contributed by atoms with Crippen LogP contribution in [0.1, 0.15) is 0 Å². The van der Waals surface area contributed by atoms with Gasteiger partial charge in [0, 0.05) is 16.8 Å². The van der Waals surface area contributed by atoms with Gasteiger partial charge in [-0.25, -0.2) is 0 Å². The predicted octanol–water partition coefficient (Wildman–Crippen LogP) is 3.09. The highest BCUT2D eigenvalue weighted by molar-refractivity contribution is 6.08. The van der Waals surface area contributed by atoms with Gasteiger partial charge >= 0.3 is 12.1 Å². The van der Waals surface area contributed by atoms with Crippen LogP contribution in [-0.2, 0) is 4.79 Å². The maximum atomic E-state index is 12.4. The number of nitro groups is 1. The van der Waals surface area contributed by atoms with Crippen molar-refractivity contribution in [2.75, 3.05) is 5.32 Å². The summed E-state index contributed by atoms with van der Waals surface area (Å²) in [4.78, 5) is 35.9. The number of nitrogens with one attached hydrogen (secondary N) is 2. The number of anilines is 1. The zero-order valence-electron chi connectivity index (χ0n) is 12.2. The van der Waals surface area contributed by atoms with Crippen molar-refractivity contribution in [3.63, 3.8) is 0 Å². The number of carbonyl (C=O) groups is 1. The van der Waals surface area contributed by atoms with E-state index in [4.69, 9.17) is 0 Å². The van der Waals surface area contributed by atoms with Crippen LogP contribution in [-0.4, -0.2) is 22.0 Å². The maximum absolute atomic E-state index is 12.4. The molecular weight excluding hydrogens is 343 g/mol. The summed E-state index contributed by atoms with van der Waals surface area (Å²) in [6.45, 7) is 0. The van der Waals surface area contributed by atoms with Gasteiger partial charge in [0.1, 0.15) is 5.69 Å². The molecule has 0 atom stereocenters. The molecule has 25 heavy (non-hydrogen) atoms. The molecule has 1 amide bonds. The molecule has 128 valence electrons. The molecule has 0 fully saturated rings. The van der Waals surface area contributed by atoms with Crippen molar-refractivity contribution in [1.82, 2.24) is 4.98 Å². The number of H-pyrrole nitrogens is 1. The Hall–Kier alpha value is -3.43. The molecule has 0 bridgehead atoms. The Morgan fingerprint density at radius 2 is 1.76 bits per heavy atom. The molecule has 1 aromatic heterocycles. The van der Waals surface area contributed by atoms with E-state index in [1.165, 1.54) is 11.4 Å². The molecule has 10 heteroatoms. The summed E-state index contributed by atoms with van der Waals surface area (Å²) < 4.78 is 37.2. The lowest BCUT2D eigenvalue weighted by molar-refractivity contribution is -0.383. The van der Waals surface area contributed by atoms with Crippen molar-refractivity contribution in [3.05, 3.63) is 56.9 Å². The molecule has 7 nitrogen and oxygen atoms in total. The second-order valence-corrected chi connectivity index (χ2v) is 5.12. The second-order valence-electron chi connectivity index (χ2n) is 5.12. The summed E-state index contributed by atoms with van der Waals surface area (Å²) in [5.41, 5.74) is -1.83. The van der Waals surface area contributed by atoms with Crippen LogP contribution in [0.15, 0.2) is 41.2 Å². The van der Waals surface area contributed by atoms with Crippen LogP contribution < -0.4 is 10.9 Å². The third kappa shape index (κ3) is 2.89. The lowest BCUT2D eigenvalue weighted by Gasteiger charge is -2.10. The van der Waals surface area contributed by atoms with Crippen LogP contribution in [0.2, 0.25) is 0 Å². The molecule has 0 saturated heterocycles. The minimum Gasteiger partial charge on any atom is -0.321 e. The zero-order chi connectivity index (χ0) is 18.4. The Balaban J connectivity index is 2.30. The maximum Gasteiger partial charge on any atom is 0.471 e. The van der Waals surface area contributed by atoms with Crippen molar-refractivity contribution in [2.45, 2.75) is 6.18 Å². The number of hydrogen-bond donors (Lipinski definition) is 2. The largest absolute Gasteiger partial charge is 0.471 e. The van der Waals surface area contributed by atoms with Crippen molar-refractivity contribution < 1.29 is 22.9 Å². The number of rotatable bonds is 2. The van der Waals surface area contributed by atoms with Crippen molar-refractivity contribution >= 4 is 39.0 Å². The highest BCUT2D eigenvalue weighted by Gasteiger charge is 2.39. The normalized spacial score (nSPS) is 11.6. The molecule has 3 rings (SSSR count). The summed E-state index contributed by atoms with van der Waals surface area (Å²) in [7, 11) is 0. The standard InChI is InChI=1S/C15H8F3N3O4/c16-15(17,18)14(23)20-11-6-10-9(5-12(11)21(24)25)7-3-1-2-4-8(7)13(22)19-10/h1-6H,(H,19,22)(H,20,23). The van der Waals surface area contributed by atoms with E-state index >= 15 is 0 Å². The molecular formula is C15H8F3N3O4. The number of amides is 1. The molecule has 1 heterocycles. The number of aromatic nitrogens is 1. The molecule has 0 aliphatic heterocycles. The molecule has 2 aromatic carbocycles. The van der Waals surface area contributed by atoms with Gasteiger partial charge in [-0.3, -0.25) is 19.7 Å². The summed E-state index contributed by atoms with van der Waals surface area (Å²) in [6, 6.07) is 8.25. The molecule has 0 aliphatic carbocycles. The Morgan fingerprint density at radius 3 is 2.36 bits per heavy atom. The highest BCUT2D eigenvalue weighted by atomic mass is 19.4. The van der Waals surface area contributed by atoms with Gasteiger partial charge in [0.15, 0.2) is 0 Å². The summed E-state index contributed by atoms with van der Waals surface area (Å²) in [5.74, 6) is -2.35. The number of nitrogens with zero attached hydrogens (tertiary/aromatic N) is 1. The fraction of sp³-hybridized carbons (Fsp3) is 0.0667. The zero-order valence-corrected chi connectivity index (χ0v) is 12.2. The van der Waals surface area contributed by atoms with Gasteiger partial charge in [0.2, 0.25) is 0 Å². The van der Waals surface area contributed by atoms with Crippen LogP contribution in [0, 0.1) is 10.1 Å². The number of pyridine rings is 1. The number of alkyl halides is 3. The molecule has 0 radical (unpaired) electrons. The molecule has 0 aliphatic rings. The number of hydrogen-bond acceptors (Lipinski definition) is 4. The average Bonchev–Trinajstić information content (AvgIpc) is 2.53.